The number of nitrogens with zero attached hydrogens (tertiary/aromatic N) is 2. The zero-order valence-electron chi connectivity index (χ0n) is 18.0. The minimum atomic E-state index is -0.00683. The van der Waals surface area contributed by atoms with Crippen LogP contribution in [-0.4, -0.2) is 56.2 Å². The van der Waals surface area contributed by atoms with Crippen LogP contribution in [0.25, 0.3) is 0 Å². The number of carbonyl (C=O) groups is 1. The molecule has 0 radical (unpaired) electrons. The Kier molecular flexibility index (Phi) is 8.75. The summed E-state index contributed by atoms with van der Waals surface area (Å²) in [6.07, 6.45) is 5.01. The Labute approximate surface area is 191 Å². The Balaban J connectivity index is 0.00000300. The number of halogens is 1. The highest BCUT2D eigenvalue weighted by Crippen LogP contribution is 2.57. The highest BCUT2D eigenvalue weighted by atomic mass is 127. The van der Waals surface area contributed by atoms with Crippen LogP contribution in [-0.2, 0) is 9.53 Å². The first-order chi connectivity index (χ1) is 13.5. The number of guanidine groups is 1. The molecule has 2 N–H and O–H groups in total. The summed E-state index contributed by atoms with van der Waals surface area (Å²) in [5, 5.41) is 7.10. The van der Waals surface area contributed by atoms with Gasteiger partial charge in [0, 0.05) is 32.2 Å². The second-order valence-electron chi connectivity index (χ2n) is 8.19. The Hall–Kier alpha value is -1.35. The summed E-state index contributed by atoms with van der Waals surface area (Å²) < 4.78 is 5.97. The van der Waals surface area contributed by atoms with E-state index in [0.717, 1.165) is 13.0 Å². The lowest BCUT2D eigenvalue weighted by molar-refractivity contribution is -0.168. The molecule has 2 aliphatic rings. The third kappa shape index (κ3) is 5.42. The molecular formula is C22H35IN4O2. The number of carbonyl (C=O) groups excluding carboxylic acids is 1. The number of amides is 1. The molecule has 3 unspecified atom stereocenters. The molecule has 1 spiro atoms. The van der Waals surface area contributed by atoms with E-state index in [4.69, 9.17) is 4.74 Å². The number of rotatable bonds is 7. The highest BCUT2D eigenvalue weighted by Gasteiger charge is 2.59. The van der Waals surface area contributed by atoms with Crippen LogP contribution in [0.5, 0.6) is 0 Å². The second-order valence-corrected chi connectivity index (χ2v) is 8.19. The zero-order valence-corrected chi connectivity index (χ0v) is 20.3. The van der Waals surface area contributed by atoms with E-state index in [0.29, 0.717) is 18.1 Å². The molecule has 3 atom stereocenters. The minimum absolute atomic E-state index is 0. The van der Waals surface area contributed by atoms with Crippen LogP contribution < -0.4 is 10.6 Å². The smallest absolute Gasteiger partial charge is 0.243 e. The van der Waals surface area contributed by atoms with E-state index in [-0.39, 0.29) is 47.9 Å². The molecule has 6 nitrogen and oxygen atoms in total. The molecular weight excluding hydrogens is 479 g/mol. The third-order valence-electron chi connectivity index (χ3n) is 6.27. The normalized spacial score (nSPS) is 23.2. The van der Waals surface area contributed by atoms with Crippen molar-refractivity contribution in [2.45, 2.75) is 57.7 Å². The van der Waals surface area contributed by atoms with Gasteiger partial charge in [-0.25, -0.2) is 4.99 Å². The Morgan fingerprint density at radius 1 is 1.31 bits per heavy atom. The van der Waals surface area contributed by atoms with Gasteiger partial charge in [0.25, 0.3) is 0 Å². The fourth-order valence-electron chi connectivity index (χ4n) is 4.26. The maximum atomic E-state index is 12.0. The Bertz CT molecular complexity index is 691. The first-order valence-corrected chi connectivity index (χ1v) is 10.4. The maximum absolute atomic E-state index is 12.0. The fraction of sp³-hybridized carbons (Fsp3) is 0.636. The van der Waals surface area contributed by atoms with Gasteiger partial charge >= 0.3 is 0 Å². The minimum Gasteiger partial charge on any atom is -0.378 e. The van der Waals surface area contributed by atoms with Crippen molar-refractivity contribution >= 4 is 35.8 Å². The van der Waals surface area contributed by atoms with Gasteiger partial charge in [0.05, 0.1) is 12.1 Å². The molecule has 0 saturated heterocycles. The Morgan fingerprint density at radius 3 is 2.55 bits per heavy atom. The van der Waals surface area contributed by atoms with Crippen molar-refractivity contribution in [1.29, 1.82) is 0 Å². The van der Waals surface area contributed by atoms with E-state index < -0.39 is 0 Å². The van der Waals surface area contributed by atoms with Crippen molar-refractivity contribution < 1.29 is 9.53 Å². The summed E-state index contributed by atoms with van der Waals surface area (Å²) in [5.74, 6) is 0.699. The number of likely N-dealkylation sites (N-methyl/N-ethyl adjacent to an activating group) is 1. The molecule has 0 aromatic heterocycles. The second kappa shape index (κ2) is 10.6. The van der Waals surface area contributed by atoms with Gasteiger partial charge in [-0.05, 0) is 38.7 Å². The van der Waals surface area contributed by atoms with Gasteiger partial charge in [0.15, 0.2) is 5.96 Å². The molecule has 7 heteroatoms. The van der Waals surface area contributed by atoms with Crippen LogP contribution in [0, 0.1) is 5.41 Å². The molecule has 0 bridgehead atoms. The summed E-state index contributed by atoms with van der Waals surface area (Å²) in [7, 11) is 3.51. The van der Waals surface area contributed by atoms with Gasteiger partial charge in [0.2, 0.25) is 5.91 Å². The largest absolute Gasteiger partial charge is 0.378 e. The number of benzene rings is 1. The summed E-state index contributed by atoms with van der Waals surface area (Å²) in [4.78, 5) is 18.2. The van der Waals surface area contributed by atoms with Gasteiger partial charge in [-0.1, -0.05) is 36.8 Å². The van der Waals surface area contributed by atoms with Crippen molar-refractivity contribution in [2.75, 3.05) is 27.2 Å². The summed E-state index contributed by atoms with van der Waals surface area (Å²) in [6, 6.07) is 10.7. The van der Waals surface area contributed by atoms with E-state index in [1.807, 2.05) is 18.2 Å². The molecule has 1 aromatic rings. The molecule has 3 rings (SSSR count). The van der Waals surface area contributed by atoms with Crippen molar-refractivity contribution in [1.82, 2.24) is 15.5 Å². The number of aliphatic imine (C=N–C) groups is 1. The summed E-state index contributed by atoms with van der Waals surface area (Å²) >= 11 is 0. The van der Waals surface area contributed by atoms with Crippen molar-refractivity contribution in [3.63, 3.8) is 0 Å². The van der Waals surface area contributed by atoms with Crippen LogP contribution in [0.3, 0.4) is 0 Å². The van der Waals surface area contributed by atoms with Crippen LogP contribution in [0.1, 0.15) is 51.1 Å². The van der Waals surface area contributed by atoms with E-state index in [1.54, 1.807) is 19.0 Å². The summed E-state index contributed by atoms with van der Waals surface area (Å²) in [6.45, 7) is 5.08. The predicted molar refractivity (Wildman–Crippen MR) is 128 cm³/mol. The van der Waals surface area contributed by atoms with Crippen molar-refractivity contribution in [3.8, 4) is 0 Å². The molecule has 0 heterocycles. The van der Waals surface area contributed by atoms with Gasteiger partial charge in [-0.2, -0.15) is 0 Å². The number of ether oxygens (including phenoxy) is 1. The summed E-state index contributed by atoms with van der Waals surface area (Å²) in [5.41, 5.74) is 1.43. The molecule has 162 valence electrons. The average Bonchev–Trinajstić information content (AvgIpc) is 2.63. The van der Waals surface area contributed by atoms with Gasteiger partial charge in [-0.3, -0.25) is 4.79 Å². The first-order valence-electron chi connectivity index (χ1n) is 10.4. The fourth-order valence-corrected chi connectivity index (χ4v) is 4.26. The SMILES string of the molecule is CCOC1CC(NC(=NCC(=O)N(C)C)NC(C)c2ccccc2)C12CCC2.I. The quantitative estimate of drug-likeness (QED) is 0.333. The molecule has 29 heavy (non-hydrogen) atoms. The van der Waals surface area contributed by atoms with Gasteiger partial charge in [0.1, 0.15) is 6.54 Å². The van der Waals surface area contributed by atoms with Crippen LogP contribution in [0.2, 0.25) is 0 Å². The highest BCUT2D eigenvalue weighted by molar-refractivity contribution is 14.0. The maximum Gasteiger partial charge on any atom is 0.243 e. The topological polar surface area (TPSA) is 66.0 Å². The number of hydrogen-bond donors (Lipinski definition) is 2. The Morgan fingerprint density at radius 2 is 2.00 bits per heavy atom. The number of hydrogen-bond acceptors (Lipinski definition) is 3. The lowest BCUT2D eigenvalue weighted by atomic mass is 9.51. The molecule has 2 aliphatic carbocycles. The lowest BCUT2D eigenvalue weighted by Gasteiger charge is -2.61. The lowest BCUT2D eigenvalue weighted by Crippen LogP contribution is -2.68. The molecule has 0 aliphatic heterocycles. The molecule has 1 amide bonds. The van der Waals surface area contributed by atoms with Crippen molar-refractivity contribution in [2.24, 2.45) is 10.4 Å². The average molecular weight is 514 g/mol. The van der Waals surface area contributed by atoms with E-state index in [2.05, 4.69) is 41.6 Å². The van der Waals surface area contributed by atoms with Crippen LogP contribution >= 0.6 is 24.0 Å². The number of nitrogens with one attached hydrogen (secondary N) is 2. The van der Waals surface area contributed by atoms with Gasteiger partial charge in [-0.15, -0.1) is 24.0 Å². The standard InChI is InChI=1S/C22H34N4O2.HI/c1-5-28-19-14-18(22(19)12-9-13-22)25-21(23-15-20(27)26(3)4)24-16(2)17-10-7-6-8-11-17;/h6-8,10-11,16,18-19H,5,9,12-15H2,1-4H3,(H2,23,24,25);1H. The first kappa shape index (κ1) is 23.9. The molecule has 1 aromatic carbocycles. The monoisotopic (exact) mass is 514 g/mol. The predicted octanol–water partition coefficient (Wildman–Crippen LogP) is 3.34. The molecule has 2 fully saturated rings. The van der Waals surface area contributed by atoms with Crippen LogP contribution in [0.4, 0.5) is 0 Å². The van der Waals surface area contributed by atoms with Crippen LogP contribution in [0.15, 0.2) is 35.3 Å². The third-order valence-corrected chi connectivity index (χ3v) is 6.27. The zero-order chi connectivity index (χ0) is 20.1. The molecule has 2 saturated carbocycles. The van der Waals surface area contributed by atoms with Gasteiger partial charge < -0.3 is 20.3 Å². The van der Waals surface area contributed by atoms with E-state index in [9.17, 15) is 4.79 Å². The van der Waals surface area contributed by atoms with E-state index in [1.165, 1.54) is 24.8 Å². The van der Waals surface area contributed by atoms with E-state index >= 15 is 0 Å². The van der Waals surface area contributed by atoms with Crippen molar-refractivity contribution in [3.05, 3.63) is 35.9 Å².